The van der Waals surface area contributed by atoms with Crippen LogP contribution in [0.3, 0.4) is 0 Å². The first-order valence-corrected chi connectivity index (χ1v) is 4.80. The van der Waals surface area contributed by atoms with Gasteiger partial charge in [-0.1, -0.05) is 74.8 Å². The molecule has 0 saturated heterocycles. The van der Waals surface area contributed by atoms with Gasteiger partial charge in [0, 0.05) is 0 Å². The summed E-state index contributed by atoms with van der Waals surface area (Å²) in [5.41, 5.74) is 2.16. The average Bonchev–Trinajstić information content (AvgIpc) is 1.83. The minimum absolute atomic E-state index is 1.79. The van der Waals surface area contributed by atoms with Gasteiger partial charge in [0.2, 0.25) is 8.79 Å². The average molecular weight is 292 g/mol. The van der Waals surface area contributed by atoms with Gasteiger partial charge in [0.15, 0.2) is 0 Å². The molecule has 70 valence electrons. The fraction of sp³-hybridized carbons (Fsp3) is 1.00. The largest absolute Gasteiger partial charge is 0.267 e. The maximum absolute atomic E-state index is 5.68. The summed E-state index contributed by atoms with van der Waals surface area (Å²) in [6.45, 7) is 0. The van der Waals surface area contributed by atoms with Crippen LogP contribution in [-0.4, -0.2) is 13.2 Å². The van der Waals surface area contributed by atoms with Gasteiger partial charge in [0.1, 0.15) is 0 Å². The van der Waals surface area contributed by atoms with Crippen molar-refractivity contribution in [2.75, 3.05) is 0 Å². The van der Waals surface area contributed by atoms with Gasteiger partial charge in [0.25, 0.3) is 4.46 Å². The van der Waals surface area contributed by atoms with Crippen LogP contribution in [0.5, 0.6) is 0 Å². The smallest absolute Gasteiger partial charge is 0.254 e. The fourth-order valence-electron chi connectivity index (χ4n) is 0.472. The summed E-state index contributed by atoms with van der Waals surface area (Å²) < 4.78 is -5.57. The van der Waals surface area contributed by atoms with Crippen molar-refractivity contribution in [3.63, 3.8) is 0 Å². The molecular formula is C3HCl6N3. The third kappa shape index (κ3) is 1.56. The molecule has 1 aliphatic rings. The lowest BCUT2D eigenvalue weighted by molar-refractivity contribution is 0.425. The zero-order chi connectivity index (χ0) is 9.62. The third-order valence-corrected chi connectivity index (χ3v) is 4.48. The normalized spacial score (nSPS) is 29.5. The Kier molecular flexibility index (Phi) is 2.87. The second-order valence-corrected chi connectivity index (χ2v) is 5.94. The Hall–Kier alpha value is 1.14. The molecular weight excluding hydrogens is 291 g/mol. The Morgan fingerprint density at radius 1 is 0.917 bits per heavy atom. The summed E-state index contributed by atoms with van der Waals surface area (Å²) in [4.78, 5) is 0. The lowest BCUT2D eigenvalue weighted by Crippen LogP contribution is -2.57. The van der Waals surface area contributed by atoms with Crippen LogP contribution >= 0.6 is 69.6 Å². The van der Waals surface area contributed by atoms with E-state index in [1.807, 2.05) is 0 Å². The number of hydrogen-bond donors (Lipinski definition) is 1. The number of hydrogen-bond acceptors (Lipinski definition) is 3. The summed E-state index contributed by atoms with van der Waals surface area (Å²) >= 11 is 33.7. The maximum atomic E-state index is 5.68. The third-order valence-electron chi connectivity index (χ3n) is 1.14. The minimum Gasteiger partial charge on any atom is -0.254 e. The standard InChI is InChI=1S/C3HCl6N3/c4-1(5)2(6,7)10-12-11-3(1,8)9/h(H,10,11). The molecule has 0 saturated carbocycles. The van der Waals surface area contributed by atoms with Crippen LogP contribution < -0.4 is 5.43 Å². The molecule has 0 radical (unpaired) electrons. The van der Waals surface area contributed by atoms with Crippen molar-refractivity contribution in [2.24, 2.45) is 10.3 Å². The van der Waals surface area contributed by atoms with Crippen molar-refractivity contribution in [3.8, 4) is 0 Å². The van der Waals surface area contributed by atoms with Gasteiger partial charge in [-0.05, 0) is 0 Å². The highest BCUT2D eigenvalue weighted by molar-refractivity contribution is 6.69. The number of alkyl halides is 6. The highest BCUT2D eigenvalue weighted by Gasteiger charge is 2.64. The van der Waals surface area contributed by atoms with Crippen LogP contribution in [0.1, 0.15) is 0 Å². The van der Waals surface area contributed by atoms with Crippen molar-refractivity contribution in [3.05, 3.63) is 0 Å². The molecule has 1 aliphatic heterocycles. The van der Waals surface area contributed by atoms with E-state index in [2.05, 4.69) is 15.8 Å². The first-order valence-electron chi connectivity index (χ1n) is 2.53. The Balaban J connectivity index is 3.13. The summed E-state index contributed by atoms with van der Waals surface area (Å²) in [6.07, 6.45) is 0. The molecule has 1 rings (SSSR count). The minimum atomic E-state index is -1.89. The van der Waals surface area contributed by atoms with Crippen LogP contribution in [-0.2, 0) is 0 Å². The highest BCUT2D eigenvalue weighted by atomic mass is 35.5. The Morgan fingerprint density at radius 3 is 1.75 bits per heavy atom. The fourth-order valence-corrected chi connectivity index (χ4v) is 1.53. The highest BCUT2D eigenvalue weighted by Crippen LogP contribution is 2.55. The van der Waals surface area contributed by atoms with Crippen molar-refractivity contribution in [2.45, 2.75) is 13.2 Å². The van der Waals surface area contributed by atoms with E-state index in [1.165, 1.54) is 0 Å². The first-order chi connectivity index (χ1) is 5.21. The summed E-state index contributed by atoms with van der Waals surface area (Å²) in [6, 6.07) is 0. The van der Waals surface area contributed by atoms with E-state index in [0.717, 1.165) is 0 Å². The SMILES string of the molecule is ClC1(Cl)N=NNC(Cl)(Cl)C1(Cl)Cl. The second-order valence-electron chi connectivity index (χ2n) is 2.00. The van der Waals surface area contributed by atoms with Crippen LogP contribution in [0.25, 0.3) is 0 Å². The van der Waals surface area contributed by atoms with Gasteiger partial charge < -0.3 is 0 Å². The van der Waals surface area contributed by atoms with Gasteiger partial charge in [-0.15, -0.1) is 5.11 Å². The summed E-state index contributed by atoms with van der Waals surface area (Å²) in [5.74, 6) is 0. The zero-order valence-electron chi connectivity index (χ0n) is 5.16. The molecule has 12 heavy (non-hydrogen) atoms. The van der Waals surface area contributed by atoms with Crippen molar-refractivity contribution in [1.82, 2.24) is 5.43 Å². The van der Waals surface area contributed by atoms with Crippen molar-refractivity contribution in [1.29, 1.82) is 0 Å². The van der Waals surface area contributed by atoms with Gasteiger partial charge in [0.05, 0.1) is 0 Å². The molecule has 0 aromatic carbocycles. The number of nitrogens with zero attached hydrogens (tertiary/aromatic N) is 2. The van der Waals surface area contributed by atoms with Gasteiger partial charge in [-0.2, -0.15) is 0 Å². The molecule has 0 fully saturated rings. The van der Waals surface area contributed by atoms with Crippen LogP contribution in [0.2, 0.25) is 0 Å². The van der Waals surface area contributed by atoms with Gasteiger partial charge in [-0.3, -0.25) is 5.43 Å². The molecule has 0 atom stereocenters. The number of halogens is 6. The predicted molar refractivity (Wildman–Crippen MR) is 51.3 cm³/mol. The summed E-state index contributed by atoms with van der Waals surface area (Å²) in [7, 11) is 0. The van der Waals surface area contributed by atoms with E-state index in [0.29, 0.717) is 0 Å². The molecule has 0 aromatic rings. The van der Waals surface area contributed by atoms with E-state index < -0.39 is 13.2 Å². The van der Waals surface area contributed by atoms with Crippen LogP contribution in [0, 0.1) is 0 Å². The van der Waals surface area contributed by atoms with Crippen LogP contribution in [0.15, 0.2) is 10.3 Å². The molecule has 1 heterocycles. The van der Waals surface area contributed by atoms with E-state index >= 15 is 0 Å². The zero-order valence-corrected chi connectivity index (χ0v) is 9.70. The Bertz CT molecular complexity index is 222. The first kappa shape index (κ1) is 11.2. The molecule has 3 nitrogen and oxygen atoms in total. The quantitative estimate of drug-likeness (QED) is 0.539. The van der Waals surface area contributed by atoms with Gasteiger partial charge in [-0.25, -0.2) is 0 Å². The molecule has 0 aliphatic carbocycles. The summed E-state index contributed by atoms with van der Waals surface area (Å²) in [5, 5.41) is 6.58. The van der Waals surface area contributed by atoms with Crippen molar-refractivity contribution < 1.29 is 0 Å². The maximum Gasteiger partial charge on any atom is 0.267 e. The van der Waals surface area contributed by atoms with Gasteiger partial charge >= 0.3 is 0 Å². The van der Waals surface area contributed by atoms with E-state index in [4.69, 9.17) is 69.6 Å². The second kappa shape index (κ2) is 3.07. The lowest BCUT2D eigenvalue weighted by Gasteiger charge is -2.39. The Labute approximate surface area is 98.2 Å². The van der Waals surface area contributed by atoms with E-state index in [9.17, 15) is 0 Å². The van der Waals surface area contributed by atoms with Crippen molar-refractivity contribution >= 4 is 69.6 Å². The van der Waals surface area contributed by atoms with E-state index in [1.54, 1.807) is 0 Å². The molecule has 9 heteroatoms. The van der Waals surface area contributed by atoms with E-state index in [-0.39, 0.29) is 0 Å². The topological polar surface area (TPSA) is 36.8 Å². The molecule has 0 unspecified atom stereocenters. The number of rotatable bonds is 0. The van der Waals surface area contributed by atoms with Crippen LogP contribution in [0.4, 0.5) is 0 Å². The molecule has 0 amide bonds. The predicted octanol–water partition coefficient (Wildman–Crippen LogP) is 3.39. The Morgan fingerprint density at radius 2 is 1.42 bits per heavy atom. The lowest BCUT2D eigenvalue weighted by atomic mass is 10.4. The molecule has 1 N–H and O–H groups in total. The molecule has 0 aromatic heterocycles. The molecule has 0 spiro atoms. The number of nitrogens with one attached hydrogen (secondary N) is 1. The monoisotopic (exact) mass is 289 g/mol. The molecule has 0 bridgehead atoms.